The number of thioether (sulfide) groups is 1. The van der Waals surface area contributed by atoms with E-state index >= 15 is 0 Å². The SMILES string of the molecule is COc1ccc(-c2nc3c(c(SCC(=O)Nc4c(C)cccc4C)n2)Cc2cccc(C)c2O3)cc1. The molecular weight excluding hydrogens is 470 g/mol. The molecule has 0 saturated carbocycles. The molecule has 0 saturated heterocycles. The minimum absolute atomic E-state index is 0.0799. The average molecular weight is 498 g/mol. The standard InChI is InChI=1S/C29H27N3O3S/c1-17-7-5-8-18(2)25(17)30-24(33)16-36-29-23-15-21-10-6-9-19(3)26(21)35-28(23)31-27(32-29)20-11-13-22(34-4)14-12-20/h5-14H,15-16H2,1-4H3,(H,30,33). The number of aromatic nitrogens is 2. The Balaban J connectivity index is 1.46. The number of ether oxygens (including phenoxy) is 2. The molecule has 4 aromatic rings. The quantitative estimate of drug-likeness (QED) is 0.213. The zero-order valence-electron chi connectivity index (χ0n) is 20.7. The van der Waals surface area contributed by atoms with Crippen LogP contribution in [0.5, 0.6) is 17.4 Å². The van der Waals surface area contributed by atoms with Gasteiger partial charge < -0.3 is 14.8 Å². The van der Waals surface area contributed by atoms with Crippen molar-refractivity contribution in [1.82, 2.24) is 9.97 Å². The van der Waals surface area contributed by atoms with Gasteiger partial charge in [-0.2, -0.15) is 4.98 Å². The summed E-state index contributed by atoms with van der Waals surface area (Å²) in [7, 11) is 1.64. The van der Waals surface area contributed by atoms with Gasteiger partial charge >= 0.3 is 0 Å². The van der Waals surface area contributed by atoms with E-state index in [2.05, 4.69) is 11.4 Å². The van der Waals surface area contributed by atoms with Gasteiger partial charge in [-0.05, 0) is 67.3 Å². The Morgan fingerprint density at radius 1 is 0.972 bits per heavy atom. The molecule has 0 unspecified atom stereocenters. The average Bonchev–Trinajstić information content (AvgIpc) is 2.89. The Bertz CT molecular complexity index is 1430. The molecule has 6 nitrogen and oxygen atoms in total. The van der Waals surface area contributed by atoms with Gasteiger partial charge in [-0.1, -0.05) is 48.2 Å². The summed E-state index contributed by atoms with van der Waals surface area (Å²) in [5.74, 6) is 2.83. The van der Waals surface area contributed by atoms with Gasteiger partial charge in [-0.15, -0.1) is 0 Å². The Labute approximate surface area is 215 Å². The summed E-state index contributed by atoms with van der Waals surface area (Å²) in [6.07, 6.45) is 0.649. The predicted molar refractivity (Wildman–Crippen MR) is 143 cm³/mol. The number of aryl methyl sites for hydroxylation is 3. The molecule has 1 amide bonds. The van der Waals surface area contributed by atoms with Crippen LogP contribution in [-0.4, -0.2) is 28.7 Å². The molecule has 2 heterocycles. The van der Waals surface area contributed by atoms with Crippen LogP contribution in [-0.2, 0) is 11.2 Å². The third-order valence-corrected chi connectivity index (χ3v) is 7.24. The van der Waals surface area contributed by atoms with Crippen LogP contribution < -0.4 is 14.8 Å². The summed E-state index contributed by atoms with van der Waals surface area (Å²) < 4.78 is 11.6. The number of nitrogens with one attached hydrogen (secondary N) is 1. The molecule has 0 fully saturated rings. The molecule has 1 aliphatic rings. The Morgan fingerprint density at radius 3 is 2.39 bits per heavy atom. The Morgan fingerprint density at radius 2 is 1.67 bits per heavy atom. The van der Waals surface area contributed by atoms with Crippen molar-refractivity contribution >= 4 is 23.4 Å². The van der Waals surface area contributed by atoms with E-state index in [1.54, 1.807) is 7.11 Å². The molecular formula is C29H27N3O3S. The first-order valence-corrected chi connectivity index (χ1v) is 12.7. The number of para-hydroxylation sites is 2. The second kappa shape index (κ2) is 10.0. The first-order valence-electron chi connectivity index (χ1n) is 11.7. The maximum absolute atomic E-state index is 12.9. The number of anilines is 1. The van der Waals surface area contributed by atoms with Crippen molar-refractivity contribution in [2.24, 2.45) is 0 Å². The third-order valence-electron chi connectivity index (χ3n) is 6.22. The molecule has 5 rings (SSSR count). The van der Waals surface area contributed by atoms with Crippen LogP contribution in [0, 0.1) is 20.8 Å². The van der Waals surface area contributed by atoms with Crippen molar-refractivity contribution in [3.8, 4) is 28.8 Å². The lowest BCUT2D eigenvalue weighted by atomic mass is 10.0. The van der Waals surface area contributed by atoms with E-state index in [0.29, 0.717) is 18.1 Å². The van der Waals surface area contributed by atoms with Crippen molar-refractivity contribution in [3.63, 3.8) is 0 Å². The Hall–Kier alpha value is -3.84. The third kappa shape index (κ3) is 4.79. The van der Waals surface area contributed by atoms with Crippen LogP contribution in [0.15, 0.2) is 65.7 Å². The number of rotatable bonds is 6. The minimum atomic E-state index is -0.0799. The number of nitrogens with zero attached hydrogens (tertiary/aromatic N) is 2. The lowest BCUT2D eigenvalue weighted by Crippen LogP contribution is -2.16. The topological polar surface area (TPSA) is 73.3 Å². The van der Waals surface area contributed by atoms with Crippen molar-refractivity contribution in [2.75, 3.05) is 18.2 Å². The first kappa shape index (κ1) is 23.9. The molecule has 7 heteroatoms. The van der Waals surface area contributed by atoms with Gasteiger partial charge in [-0.3, -0.25) is 4.79 Å². The highest BCUT2D eigenvalue weighted by atomic mass is 32.2. The number of carbonyl (C=O) groups is 1. The van der Waals surface area contributed by atoms with Gasteiger partial charge in [0.1, 0.15) is 16.5 Å². The van der Waals surface area contributed by atoms with Crippen molar-refractivity contribution in [1.29, 1.82) is 0 Å². The second-order valence-corrected chi connectivity index (χ2v) is 9.77. The van der Waals surface area contributed by atoms with Crippen LogP contribution >= 0.6 is 11.8 Å². The second-order valence-electron chi connectivity index (χ2n) is 8.81. The van der Waals surface area contributed by atoms with E-state index in [0.717, 1.165) is 55.6 Å². The normalized spacial score (nSPS) is 11.8. The fourth-order valence-corrected chi connectivity index (χ4v) is 5.10. The maximum atomic E-state index is 12.9. The molecule has 0 radical (unpaired) electrons. The highest BCUT2D eigenvalue weighted by Gasteiger charge is 2.25. The number of hydrogen-bond acceptors (Lipinski definition) is 6. The van der Waals surface area contributed by atoms with E-state index in [4.69, 9.17) is 19.4 Å². The van der Waals surface area contributed by atoms with E-state index in [9.17, 15) is 4.79 Å². The molecule has 0 aliphatic carbocycles. The number of hydrogen-bond donors (Lipinski definition) is 1. The van der Waals surface area contributed by atoms with E-state index in [1.807, 2.05) is 75.4 Å². The van der Waals surface area contributed by atoms with Crippen LogP contribution in [0.25, 0.3) is 11.4 Å². The summed E-state index contributed by atoms with van der Waals surface area (Å²) in [5.41, 5.74) is 6.83. The van der Waals surface area contributed by atoms with Crippen molar-refractivity contribution in [2.45, 2.75) is 32.2 Å². The zero-order valence-corrected chi connectivity index (χ0v) is 21.5. The van der Waals surface area contributed by atoms with Gasteiger partial charge in [0.25, 0.3) is 0 Å². The highest BCUT2D eigenvalue weighted by molar-refractivity contribution is 8.00. The van der Waals surface area contributed by atoms with Gasteiger partial charge in [0.05, 0.1) is 18.4 Å². The molecule has 1 aromatic heterocycles. The smallest absolute Gasteiger partial charge is 0.234 e. The number of amides is 1. The van der Waals surface area contributed by atoms with E-state index < -0.39 is 0 Å². The summed E-state index contributed by atoms with van der Waals surface area (Å²) in [6.45, 7) is 6.02. The number of carbonyl (C=O) groups excluding carboxylic acids is 1. The molecule has 0 spiro atoms. The van der Waals surface area contributed by atoms with Gasteiger partial charge in [0.2, 0.25) is 11.8 Å². The summed E-state index contributed by atoms with van der Waals surface area (Å²) in [5, 5.41) is 3.81. The number of methoxy groups -OCH3 is 1. The minimum Gasteiger partial charge on any atom is -0.497 e. The lowest BCUT2D eigenvalue weighted by molar-refractivity contribution is -0.113. The van der Waals surface area contributed by atoms with Gasteiger partial charge in [0.15, 0.2) is 5.82 Å². The molecule has 36 heavy (non-hydrogen) atoms. The van der Waals surface area contributed by atoms with Gasteiger partial charge in [-0.25, -0.2) is 4.98 Å². The number of fused-ring (bicyclic) bond motifs is 2. The van der Waals surface area contributed by atoms with Crippen molar-refractivity contribution < 1.29 is 14.3 Å². The molecule has 182 valence electrons. The summed E-state index contributed by atoms with van der Waals surface area (Å²) in [4.78, 5) is 22.5. The van der Waals surface area contributed by atoms with Crippen molar-refractivity contribution in [3.05, 3.63) is 88.5 Å². The predicted octanol–water partition coefficient (Wildman–Crippen LogP) is 6.50. The first-order chi connectivity index (χ1) is 17.4. The molecule has 1 N–H and O–H groups in total. The summed E-state index contributed by atoms with van der Waals surface area (Å²) in [6, 6.07) is 19.7. The fourth-order valence-electron chi connectivity index (χ4n) is 4.27. The monoisotopic (exact) mass is 497 g/mol. The van der Waals surface area contributed by atoms with E-state index in [1.165, 1.54) is 11.8 Å². The van der Waals surface area contributed by atoms with Crippen LogP contribution in [0.3, 0.4) is 0 Å². The molecule has 0 atom stereocenters. The maximum Gasteiger partial charge on any atom is 0.234 e. The molecule has 1 aliphatic heterocycles. The highest BCUT2D eigenvalue weighted by Crippen LogP contribution is 2.41. The largest absolute Gasteiger partial charge is 0.497 e. The van der Waals surface area contributed by atoms with Gasteiger partial charge in [0, 0.05) is 17.7 Å². The lowest BCUT2D eigenvalue weighted by Gasteiger charge is -2.23. The van der Waals surface area contributed by atoms with Crippen LogP contribution in [0.4, 0.5) is 5.69 Å². The molecule has 3 aromatic carbocycles. The Kier molecular flexibility index (Phi) is 6.65. The van der Waals surface area contributed by atoms with Crippen LogP contribution in [0.1, 0.15) is 27.8 Å². The summed E-state index contributed by atoms with van der Waals surface area (Å²) >= 11 is 1.40. The fraction of sp³-hybridized carbons (Fsp3) is 0.207. The van der Waals surface area contributed by atoms with Crippen LogP contribution in [0.2, 0.25) is 0 Å². The zero-order chi connectivity index (χ0) is 25.2. The molecule has 0 bridgehead atoms. The van der Waals surface area contributed by atoms with E-state index in [-0.39, 0.29) is 11.7 Å². The number of benzene rings is 3.